The van der Waals surface area contributed by atoms with Crippen LogP contribution in [0.15, 0.2) is 18.2 Å². The maximum absolute atomic E-state index is 13.3. The molecule has 10 heteroatoms. The van der Waals surface area contributed by atoms with E-state index >= 15 is 0 Å². The van der Waals surface area contributed by atoms with E-state index in [9.17, 15) is 26.3 Å². The van der Waals surface area contributed by atoms with Gasteiger partial charge in [0, 0.05) is 32.2 Å². The van der Waals surface area contributed by atoms with Crippen molar-refractivity contribution in [2.75, 3.05) is 26.2 Å². The number of nitrogens with one attached hydrogen (secondary N) is 1. The topological polar surface area (TPSA) is 15.3 Å². The molecule has 1 aromatic rings. The molecule has 0 aromatic heterocycles. The molecule has 1 aliphatic heterocycles. The van der Waals surface area contributed by atoms with Gasteiger partial charge in [-0.15, -0.1) is 24.8 Å². The largest absolute Gasteiger partial charge is 0.416 e. The molecule has 168 valence electrons. The van der Waals surface area contributed by atoms with Crippen molar-refractivity contribution in [1.29, 1.82) is 0 Å². The van der Waals surface area contributed by atoms with Gasteiger partial charge < -0.3 is 5.32 Å². The number of hydrogen-bond donors (Lipinski definition) is 1. The zero-order valence-electron chi connectivity index (χ0n) is 15.8. The highest BCUT2D eigenvalue weighted by atomic mass is 35.5. The lowest BCUT2D eigenvalue weighted by atomic mass is 9.79. The minimum absolute atomic E-state index is 0. The summed E-state index contributed by atoms with van der Waals surface area (Å²) in [6, 6.07) is 1.67. The van der Waals surface area contributed by atoms with Gasteiger partial charge in [0.1, 0.15) is 0 Å². The average molecular weight is 467 g/mol. The lowest BCUT2D eigenvalue weighted by Crippen LogP contribution is -2.47. The van der Waals surface area contributed by atoms with Crippen LogP contribution in [0.1, 0.15) is 54.8 Å². The fourth-order valence-corrected chi connectivity index (χ4v) is 4.34. The summed E-state index contributed by atoms with van der Waals surface area (Å²) < 4.78 is 79.8. The second kappa shape index (κ2) is 10.6. The lowest BCUT2D eigenvalue weighted by molar-refractivity contribution is -0.143. The van der Waals surface area contributed by atoms with Gasteiger partial charge in [0.15, 0.2) is 0 Å². The minimum atomic E-state index is -4.81. The highest BCUT2D eigenvalue weighted by Gasteiger charge is 2.39. The molecule has 0 radical (unpaired) electrons. The van der Waals surface area contributed by atoms with Crippen LogP contribution in [0.25, 0.3) is 0 Å². The van der Waals surface area contributed by atoms with Crippen molar-refractivity contribution in [3.63, 3.8) is 0 Å². The normalized spacial score (nSPS) is 20.5. The molecule has 1 saturated heterocycles. The van der Waals surface area contributed by atoms with Gasteiger partial charge in [-0.1, -0.05) is 19.3 Å². The SMILES string of the molecule is Cl.Cl.FC(F)(F)c1cc([C@@H](C2CCCCC2)N2CCNCC2)cc(C(F)(F)F)c1. The van der Waals surface area contributed by atoms with Gasteiger partial charge in [0.2, 0.25) is 0 Å². The minimum Gasteiger partial charge on any atom is -0.314 e. The zero-order valence-corrected chi connectivity index (χ0v) is 17.4. The summed E-state index contributed by atoms with van der Waals surface area (Å²) >= 11 is 0. The third-order valence-electron chi connectivity index (χ3n) is 5.59. The summed E-state index contributed by atoms with van der Waals surface area (Å²) in [4.78, 5) is 2.06. The Bertz CT molecular complexity index is 588. The number of hydrogen-bond acceptors (Lipinski definition) is 2. The third kappa shape index (κ3) is 6.64. The maximum Gasteiger partial charge on any atom is 0.416 e. The molecule has 0 spiro atoms. The van der Waals surface area contributed by atoms with Gasteiger partial charge in [-0.05, 0) is 42.5 Å². The Morgan fingerprint density at radius 1 is 0.793 bits per heavy atom. The fourth-order valence-electron chi connectivity index (χ4n) is 4.34. The van der Waals surface area contributed by atoms with Gasteiger partial charge in [-0.2, -0.15) is 26.3 Å². The second-order valence-electron chi connectivity index (χ2n) is 7.47. The van der Waals surface area contributed by atoms with Crippen molar-refractivity contribution in [3.05, 3.63) is 34.9 Å². The van der Waals surface area contributed by atoms with Crippen molar-refractivity contribution < 1.29 is 26.3 Å². The Balaban J connectivity index is 0.00000210. The molecule has 0 bridgehead atoms. The van der Waals surface area contributed by atoms with Crippen molar-refractivity contribution in [3.8, 4) is 0 Å². The molecule has 29 heavy (non-hydrogen) atoms. The monoisotopic (exact) mass is 466 g/mol. The first-order chi connectivity index (χ1) is 12.7. The third-order valence-corrected chi connectivity index (χ3v) is 5.59. The molecule has 0 unspecified atom stereocenters. The van der Waals surface area contributed by atoms with E-state index < -0.39 is 29.5 Å². The van der Waals surface area contributed by atoms with Crippen molar-refractivity contribution >= 4 is 24.8 Å². The first kappa shape index (κ1) is 26.3. The van der Waals surface area contributed by atoms with E-state index in [4.69, 9.17) is 0 Å². The van der Waals surface area contributed by atoms with Crippen molar-refractivity contribution in [2.45, 2.75) is 50.5 Å². The Labute approximate surface area is 179 Å². The van der Waals surface area contributed by atoms with E-state index in [1.807, 2.05) is 0 Å². The van der Waals surface area contributed by atoms with Crippen molar-refractivity contribution in [2.24, 2.45) is 5.92 Å². The molecule has 1 heterocycles. The predicted octanol–water partition coefficient (Wildman–Crippen LogP) is 6.09. The van der Waals surface area contributed by atoms with Crippen LogP contribution >= 0.6 is 24.8 Å². The fraction of sp³-hybridized carbons (Fsp3) is 0.684. The summed E-state index contributed by atoms with van der Waals surface area (Å²) in [5.74, 6) is 0.0846. The molecule has 1 atom stereocenters. The Kier molecular flexibility index (Phi) is 9.58. The lowest BCUT2D eigenvalue weighted by Gasteiger charge is -2.41. The summed E-state index contributed by atoms with van der Waals surface area (Å²) in [6.45, 7) is 2.63. The summed E-state index contributed by atoms with van der Waals surface area (Å²) in [6.07, 6.45) is -4.93. The molecule has 1 aromatic carbocycles. The molecule has 1 saturated carbocycles. The Morgan fingerprint density at radius 3 is 1.72 bits per heavy atom. The van der Waals surface area contributed by atoms with Gasteiger partial charge in [-0.3, -0.25) is 4.90 Å². The van der Waals surface area contributed by atoms with Gasteiger partial charge in [0.05, 0.1) is 11.1 Å². The Morgan fingerprint density at radius 2 is 1.28 bits per heavy atom. The molecule has 1 aliphatic carbocycles. The molecule has 2 aliphatic rings. The van der Waals surface area contributed by atoms with Crippen LogP contribution in [-0.4, -0.2) is 31.1 Å². The van der Waals surface area contributed by atoms with Crippen LogP contribution < -0.4 is 5.32 Å². The molecule has 3 rings (SSSR count). The molecule has 2 nitrogen and oxygen atoms in total. The number of piperazine rings is 1. The van der Waals surface area contributed by atoms with Crippen molar-refractivity contribution in [1.82, 2.24) is 10.2 Å². The van der Waals surface area contributed by atoms with E-state index in [1.54, 1.807) is 0 Å². The molecule has 2 fully saturated rings. The van der Waals surface area contributed by atoms with Gasteiger partial charge >= 0.3 is 12.4 Å². The standard InChI is InChI=1S/C19H24F6N2.2ClH/c20-18(21,22)15-10-14(11-16(12-15)19(23,24)25)17(13-4-2-1-3-5-13)27-8-6-26-7-9-27;;/h10-13,17,26H,1-9H2;2*1H/t17-;;/m1../s1. The number of benzene rings is 1. The number of rotatable bonds is 3. The zero-order chi connectivity index (χ0) is 19.7. The number of nitrogens with zero attached hydrogens (tertiary/aromatic N) is 1. The first-order valence-electron chi connectivity index (χ1n) is 9.40. The van der Waals surface area contributed by atoms with Crippen LogP contribution in [0.5, 0.6) is 0 Å². The summed E-state index contributed by atoms with van der Waals surface area (Å²) in [7, 11) is 0. The van der Waals surface area contributed by atoms with Crippen LogP contribution in [0.4, 0.5) is 26.3 Å². The highest BCUT2D eigenvalue weighted by molar-refractivity contribution is 5.85. The second-order valence-corrected chi connectivity index (χ2v) is 7.47. The maximum atomic E-state index is 13.3. The quantitative estimate of drug-likeness (QED) is 0.541. The number of alkyl halides is 6. The van der Waals surface area contributed by atoms with Crippen LogP contribution in [-0.2, 0) is 12.4 Å². The molecular formula is C19H26Cl2F6N2. The summed E-state index contributed by atoms with van der Waals surface area (Å²) in [5, 5.41) is 3.19. The highest BCUT2D eigenvalue weighted by Crippen LogP contribution is 2.43. The van der Waals surface area contributed by atoms with E-state index in [0.717, 1.165) is 44.2 Å². The van der Waals surface area contributed by atoms with E-state index in [0.29, 0.717) is 26.2 Å². The van der Waals surface area contributed by atoms with Crippen LogP contribution in [0, 0.1) is 5.92 Å². The van der Waals surface area contributed by atoms with E-state index in [2.05, 4.69) is 10.2 Å². The summed E-state index contributed by atoms with van der Waals surface area (Å²) in [5.41, 5.74) is -2.29. The van der Waals surface area contributed by atoms with Crippen LogP contribution in [0.3, 0.4) is 0 Å². The van der Waals surface area contributed by atoms with E-state index in [1.165, 1.54) is 0 Å². The molecule has 1 N–H and O–H groups in total. The average Bonchev–Trinajstić information content (AvgIpc) is 2.62. The van der Waals surface area contributed by atoms with Crippen LogP contribution in [0.2, 0.25) is 0 Å². The van der Waals surface area contributed by atoms with E-state index in [-0.39, 0.29) is 42.4 Å². The first-order valence-corrected chi connectivity index (χ1v) is 9.40. The number of halogens is 8. The molecule has 0 amide bonds. The predicted molar refractivity (Wildman–Crippen MR) is 105 cm³/mol. The Hall–Kier alpha value is -0.700. The smallest absolute Gasteiger partial charge is 0.314 e. The van der Waals surface area contributed by atoms with Gasteiger partial charge in [-0.25, -0.2) is 0 Å². The van der Waals surface area contributed by atoms with Gasteiger partial charge in [0.25, 0.3) is 0 Å². The molecular weight excluding hydrogens is 441 g/mol.